The lowest BCUT2D eigenvalue weighted by Gasteiger charge is -2.51. The van der Waals surface area contributed by atoms with Crippen molar-refractivity contribution in [3.63, 3.8) is 0 Å². The first-order chi connectivity index (χ1) is 9.20. The fraction of sp³-hybridized carbons (Fsp3) is 0.571. The molecule has 5 nitrogen and oxygen atoms in total. The third-order valence-corrected chi connectivity index (χ3v) is 5.99. The van der Waals surface area contributed by atoms with E-state index in [-0.39, 0.29) is 22.5 Å². The zero-order chi connectivity index (χ0) is 15.1. The van der Waals surface area contributed by atoms with Gasteiger partial charge in [0.25, 0.3) is 0 Å². The second-order valence-electron chi connectivity index (χ2n) is 5.93. The summed E-state index contributed by atoms with van der Waals surface area (Å²) < 4.78 is 33.1. The van der Waals surface area contributed by atoms with Gasteiger partial charge in [-0.2, -0.15) is 0 Å². The van der Waals surface area contributed by atoms with Crippen LogP contribution in [0.5, 0.6) is 0 Å². The number of rotatable bonds is 4. The van der Waals surface area contributed by atoms with Crippen LogP contribution in [0.15, 0.2) is 23.1 Å². The van der Waals surface area contributed by atoms with Crippen LogP contribution in [0.2, 0.25) is 0 Å². The number of sulfonamides is 1. The number of hydrogen-bond acceptors (Lipinski definition) is 4. The van der Waals surface area contributed by atoms with Gasteiger partial charge in [-0.1, -0.05) is 19.9 Å². The maximum absolute atomic E-state index is 12.5. The van der Waals surface area contributed by atoms with Gasteiger partial charge in [0.05, 0.1) is 11.0 Å². The second kappa shape index (κ2) is 5.02. The largest absolute Gasteiger partial charge is 0.398 e. The average molecular weight is 298 g/mol. The van der Waals surface area contributed by atoms with Crippen LogP contribution < -0.4 is 10.5 Å². The van der Waals surface area contributed by atoms with Crippen molar-refractivity contribution in [2.24, 2.45) is 5.41 Å². The lowest BCUT2D eigenvalue weighted by molar-refractivity contribution is -0.0908. The molecule has 2 atom stereocenters. The predicted octanol–water partition coefficient (Wildman–Crippen LogP) is 1.67. The maximum Gasteiger partial charge on any atom is 0.241 e. The van der Waals surface area contributed by atoms with Crippen molar-refractivity contribution in [2.75, 3.05) is 12.8 Å². The molecule has 0 radical (unpaired) electrons. The first kappa shape index (κ1) is 15.3. The van der Waals surface area contributed by atoms with Crippen LogP contribution in [-0.2, 0) is 14.8 Å². The van der Waals surface area contributed by atoms with Crippen molar-refractivity contribution in [3.8, 4) is 0 Å². The minimum Gasteiger partial charge on any atom is -0.398 e. The van der Waals surface area contributed by atoms with Crippen molar-refractivity contribution in [2.45, 2.75) is 44.2 Å². The Morgan fingerprint density at radius 2 is 2.05 bits per heavy atom. The Labute approximate surface area is 120 Å². The average Bonchev–Trinajstić information content (AvgIpc) is 2.37. The van der Waals surface area contributed by atoms with Crippen LogP contribution in [0, 0.1) is 12.3 Å². The molecule has 1 saturated carbocycles. The summed E-state index contributed by atoms with van der Waals surface area (Å²) >= 11 is 0. The molecule has 0 saturated heterocycles. The van der Waals surface area contributed by atoms with Gasteiger partial charge in [0.15, 0.2) is 0 Å². The van der Waals surface area contributed by atoms with Gasteiger partial charge in [-0.3, -0.25) is 0 Å². The van der Waals surface area contributed by atoms with E-state index < -0.39 is 10.0 Å². The molecule has 1 aliphatic carbocycles. The lowest BCUT2D eigenvalue weighted by atomic mass is 9.65. The molecule has 2 rings (SSSR count). The predicted molar refractivity (Wildman–Crippen MR) is 78.9 cm³/mol. The zero-order valence-electron chi connectivity index (χ0n) is 12.3. The molecule has 1 aliphatic rings. The summed E-state index contributed by atoms with van der Waals surface area (Å²) in [7, 11) is -1.91. The maximum atomic E-state index is 12.5. The molecule has 20 heavy (non-hydrogen) atoms. The van der Waals surface area contributed by atoms with Crippen molar-refractivity contribution in [3.05, 3.63) is 23.8 Å². The van der Waals surface area contributed by atoms with E-state index in [2.05, 4.69) is 4.72 Å². The molecule has 1 aromatic carbocycles. The zero-order valence-corrected chi connectivity index (χ0v) is 13.1. The fourth-order valence-electron chi connectivity index (χ4n) is 2.66. The topological polar surface area (TPSA) is 81.4 Å². The summed E-state index contributed by atoms with van der Waals surface area (Å²) in [6.07, 6.45) is 0.765. The molecule has 1 aromatic rings. The van der Waals surface area contributed by atoms with Crippen LogP contribution in [-0.4, -0.2) is 27.7 Å². The molecule has 112 valence electrons. The van der Waals surface area contributed by atoms with Crippen molar-refractivity contribution in [1.82, 2.24) is 4.72 Å². The van der Waals surface area contributed by atoms with E-state index in [4.69, 9.17) is 10.5 Å². The normalized spacial score (nSPS) is 25.2. The van der Waals surface area contributed by atoms with Gasteiger partial charge in [0, 0.05) is 24.3 Å². The number of nitrogens with one attached hydrogen (secondary N) is 1. The van der Waals surface area contributed by atoms with E-state index in [0.717, 1.165) is 0 Å². The van der Waals surface area contributed by atoms with E-state index in [0.29, 0.717) is 17.7 Å². The number of anilines is 1. The Morgan fingerprint density at radius 1 is 1.40 bits per heavy atom. The highest BCUT2D eigenvalue weighted by molar-refractivity contribution is 7.89. The highest BCUT2D eigenvalue weighted by Crippen LogP contribution is 2.43. The van der Waals surface area contributed by atoms with Gasteiger partial charge in [-0.05, 0) is 31.0 Å². The molecule has 1 fully saturated rings. The Balaban J connectivity index is 2.23. The highest BCUT2D eigenvalue weighted by atomic mass is 32.2. The van der Waals surface area contributed by atoms with Gasteiger partial charge in [0.1, 0.15) is 0 Å². The quantitative estimate of drug-likeness (QED) is 0.829. The molecule has 0 aromatic heterocycles. The first-order valence-corrected chi connectivity index (χ1v) is 8.08. The van der Waals surface area contributed by atoms with Crippen LogP contribution >= 0.6 is 0 Å². The number of ether oxygens (including phenoxy) is 1. The van der Waals surface area contributed by atoms with Crippen molar-refractivity contribution >= 4 is 15.7 Å². The van der Waals surface area contributed by atoms with E-state index >= 15 is 0 Å². The first-order valence-electron chi connectivity index (χ1n) is 6.60. The minimum absolute atomic E-state index is 0.0807. The van der Waals surface area contributed by atoms with E-state index in [1.807, 2.05) is 13.8 Å². The Morgan fingerprint density at radius 3 is 2.60 bits per heavy atom. The molecule has 3 N–H and O–H groups in total. The summed E-state index contributed by atoms with van der Waals surface area (Å²) in [5, 5.41) is 0. The number of methoxy groups -OCH3 is 1. The van der Waals surface area contributed by atoms with Gasteiger partial charge in [-0.15, -0.1) is 0 Å². The monoisotopic (exact) mass is 298 g/mol. The number of benzene rings is 1. The Kier molecular flexibility index (Phi) is 3.83. The molecule has 0 heterocycles. The van der Waals surface area contributed by atoms with Gasteiger partial charge in [-0.25, -0.2) is 13.1 Å². The Bertz CT molecular complexity index is 611. The number of nitrogen functional groups attached to an aromatic ring is 1. The second-order valence-corrected chi connectivity index (χ2v) is 7.61. The lowest BCUT2D eigenvalue weighted by Crippen LogP contribution is -2.61. The molecule has 0 aliphatic heterocycles. The summed E-state index contributed by atoms with van der Waals surface area (Å²) in [6.45, 7) is 5.72. The SMILES string of the molecule is COC1CC(NS(=O)(=O)c2cccc(N)c2C)C1(C)C. The molecular formula is C14H22N2O3S. The molecule has 2 unspecified atom stereocenters. The standard InChI is InChI=1S/C14H22N2O3S/c1-9-10(15)6-5-7-11(9)20(17,18)16-12-8-13(19-4)14(12,2)3/h5-7,12-13,16H,8,15H2,1-4H3. The number of hydrogen-bond donors (Lipinski definition) is 2. The summed E-state index contributed by atoms with van der Waals surface area (Å²) in [5.74, 6) is 0. The van der Waals surface area contributed by atoms with E-state index in [9.17, 15) is 8.42 Å². The summed E-state index contributed by atoms with van der Waals surface area (Å²) in [6, 6.07) is 4.80. The molecule has 0 spiro atoms. The third-order valence-electron chi connectivity index (χ3n) is 4.38. The highest BCUT2D eigenvalue weighted by Gasteiger charge is 2.50. The van der Waals surface area contributed by atoms with Crippen LogP contribution in [0.3, 0.4) is 0 Å². The van der Waals surface area contributed by atoms with Gasteiger partial charge < -0.3 is 10.5 Å². The molecule has 0 amide bonds. The van der Waals surface area contributed by atoms with E-state index in [1.165, 1.54) is 0 Å². The minimum atomic E-state index is -3.56. The smallest absolute Gasteiger partial charge is 0.241 e. The van der Waals surface area contributed by atoms with Gasteiger partial charge >= 0.3 is 0 Å². The number of nitrogens with two attached hydrogens (primary N) is 1. The van der Waals surface area contributed by atoms with E-state index in [1.54, 1.807) is 32.2 Å². The Hall–Kier alpha value is -1.11. The molecular weight excluding hydrogens is 276 g/mol. The molecule has 6 heteroatoms. The van der Waals surface area contributed by atoms with Crippen molar-refractivity contribution < 1.29 is 13.2 Å². The van der Waals surface area contributed by atoms with Gasteiger partial charge in [0.2, 0.25) is 10.0 Å². The third kappa shape index (κ3) is 2.43. The van der Waals surface area contributed by atoms with Crippen molar-refractivity contribution in [1.29, 1.82) is 0 Å². The summed E-state index contributed by atoms with van der Waals surface area (Å²) in [4.78, 5) is 0.245. The summed E-state index contributed by atoms with van der Waals surface area (Å²) in [5.41, 5.74) is 6.63. The van der Waals surface area contributed by atoms with Crippen LogP contribution in [0.25, 0.3) is 0 Å². The van der Waals surface area contributed by atoms with Crippen LogP contribution in [0.4, 0.5) is 5.69 Å². The fourth-order valence-corrected chi connectivity index (χ4v) is 4.34. The molecule has 0 bridgehead atoms. The van der Waals surface area contributed by atoms with Crippen LogP contribution in [0.1, 0.15) is 25.8 Å².